The second kappa shape index (κ2) is 6.09. The summed E-state index contributed by atoms with van der Waals surface area (Å²) >= 11 is 0. The van der Waals surface area contributed by atoms with Gasteiger partial charge in [0.05, 0.1) is 13.2 Å². The lowest BCUT2D eigenvalue weighted by molar-refractivity contribution is -0.147. The van der Waals surface area contributed by atoms with Crippen LogP contribution in [0, 0.1) is 0 Å². The predicted molar refractivity (Wildman–Crippen MR) is 37.9 cm³/mol. The molecule has 5 nitrogen and oxygen atoms in total. The molecule has 0 aliphatic heterocycles. The molecule has 0 saturated carbocycles. The molecular formula is C6H13NO4. The Balaban J connectivity index is 3.36. The van der Waals surface area contributed by atoms with Crippen LogP contribution in [0.15, 0.2) is 0 Å². The molecule has 0 aliphatic rings. The van der Waals surface area contributed by atoms with Gasteiger partial charge in [0.15, 0.2) is 0 Å². The highest BCUT2D eigenvalue weighted by atomic mass is 16.6. The Morgan fingerprint density at radius 2 is 2.27 bits per heavy atom. The number of methoxy groups -OCH3 is 1. The molecular weight excluding hydrogens is 150 g/mol. The third-order valence-corrected chi connectivity index (χ3v) is 1.03. The molecule has 0 unspecified atom stereocenters. The van der Waals surface area contributed by atoms with E-state index in [9.17, 15) is 4.79 Å². The van der Waals surface area contributed by atoms with Gasteiger partial charge in [0.1, 0.15) is 12.6 Å². The van der Waals surface area contributed by atoms with Gasteiger partial charge in [0, 0.05) is 7.11 Å². The molecule has 0 aromatic carbocycles. The quantitative estimate of drug-likeness (QED) is 0.380. The van der Waals surface area contributed by atoms with E-state index in [1.54, 1.807) is 0 Å². The minimum atomic E-state index is -0.938. The molecule has 3 N–H and O–H groups in total. The van der Waals surface area contributed by atoms with E-state index in [0.29, 0.717) is 6.61 Å². The first-order chi connectivity index (χ1) is 5.22. The van der Waals surface area contributed by atoms with E-state index >= 15 is 0 Å². The summed E-state index contributed by atoms with van der Waals surface area (Å²) in [5.41, 5.74) is 5.13. The number of rotatable bonds is 5. The molecule has 0 rings (SSSR count). The maximum absolute atomic E-state index is 10.7. The monoisotopic (exact) mass is 163 g/mol. The molecule has 0 aromatic heterocycles. The van der Waals surface area contributed by atoms with Crippen LogP contribution in [0.1, 0.15) is 0 Å². The van der Waals surface area contributed by atoms with Crippen molar-refractivity contribution in [3.8, 4) is 0 Å². The van der Waals surface area contributed by atoms with Gasteiger partial charge in [0.25, 0.3) is 0 Å². The Labute approximate surface area is 65.1 Å². The minimum Gasteiger partial charge on any atom is -0.462 e. The summed E-state index contributed by atoms with van der Waals surface area (Å²) in [6.45, 7) is 0.110. The largest absolute Gasteiger partial charge is 0.462 e. The van der Waals surface area contributed by atoms with Crippen molar-refractivity contribution < 1.29 is 19.4 Å². The van der Waals surface area contributed by atoms with E-state index in [1.807, 2.05) is 0 Å². The Morgan fingerprint density at radius 1 is 1.64 bits per heavy atom. The summed E-state index contributed by atoms with van der Waals surface area (Å²) in [7, 11) is 1.50. The van der Waals surface area contributed by atoms with Gasteiger partial charge in [-0.25, -0.2) is 0 Å². The number of carbonyl (C=O) groups is 1. The molecule has 0 heterocycles. The van der Waals surface area contributed by atoms with Crippen molar-refractivity contribution in [3.63, 3.8) is 0 Å². The zero-order valence-electron chi connectivity index (χ0n) is 6.45. The number of hydrogen-bond donors (Lipinski definition) is 2. The smallest absolute Gasteiger partial charge is 0.325 e. The average Bonchev–Trinajstić information content (AvgIpc) is 2.03. The van der Waals surface area contributed by atoms with Crippen LogP contribution in [-0.2, 0) is 14.3 Å². The van der Waals surface area contributed by atoms with Crippen LogP contribution in [0.5, 0.6) is 0 Å². The Hall–Kier alpha value is -0.650. The number of hydrogen-bond acceptors (Lipinski definition) is 5. The van der Waals surface area contributed by atoms with Crippen LogP contribution >= 0.6 is 0 Å². The maximum atomic E-state index is 10.7. The topological polar surface area (TPSA) is 81.8 Å². The van der Waals surface area contributed by atoms with Gasteiger partial charge >= 0.3 is 5.97 Å². The number of carbonyl (C=O) groups excluding carboxylic acids is 1. The Kier molecular flexibility index (Phi) is 5.73. The van der Waals surface area contributed by atoms with Crippen molar-refractivity contribution in [1.82, 2.24) is 0 Å². The SMILES string of the molecule is COCCOC(=O)[C@H](N)CO. The molecule has 66 valence electrons. The van der Waals surface area contributed by atoms with Gasteiger partial charge in [-0.15, -0.1) is 0 Å². The van der Waals surface area contributed by atoms with Gasteiger partial charge in [-0.3, -0.25) is 4.79 Å². The number of nitrogens with two attached hydrogens (primary N) is 1. The first-order valence-electron chi connectivity index (χ1n) is 3.24. The Bertz CT molecular complexity index is 117. The lowest BCUT2D eigenvalue weighted by Gasteiger charge is -2.07. The standard InChI is InChI=1S/C6H13NO4/c1-10-2-3-11-6(9)5(7)4-8/h5,8H,2-4,7H2,1H3/t5-/m1/s1. The van der Waals surface area contributed by atoms with Gasteiger partial charge in [0.2, 0.25) is 0 Å². The molecule has 0 aromatic rings. The van der Waals surface area contributed by atoms with Gasteiger partial charge < -0.3 is 20.3 Å². The zero-order chi connectivity index (χ0) is 8.69. The molecule has 11 heavy (non-hydrogen) atoms. The van der Waals surface area contributed by atoms with Gasteiger partial charge in [-0.2, -0.15) is 0 Å². The fourth-order valence-corrected chi connectivity index (χ4v) is 0.407. The highest BCUT2D eigenvalue weighted by Crippen LogP contribution is 1.84. The van der Waals surface area contributed by atoms with Crippen molar-refractivity contribution in [3.05, 3.63) is 0 Å². The second-order valence-corrected chi connectivity index (χ2v) is 1.95. The van der Waals surface area contributed by atoms with E-state index in [-0.39, 0.29) is 6.61 Å². The van der Waals surface area contributed by atoms with E-state index in [1.165, 1.54) is 7.11 Å². The first-order valence-corrected chi connectivity index (χ1v) is 3.24. The average molecular weight is 163 g/mol. The summed E-state index contributed by atoms with van der Waals surface area (Å²) in [6.07, 6.45) is 0. The van der Waals surface area contributed by atoms with Crippen LogP contribution in [0.3, 0.4) is 0 Å². The Morgan fingerprint density at radius 3 is 2.73 bits per heavy atom. The van der Waals surface area contributed by atoms with E-state index in [0.717, 1.165) is 0 Å². The first kappa shape index (κ1) is 10.3. The molecule has 0 amide bonds. The molecule has 0 saturated heterocycles. The molecule has 5 heteroatoms. The highest BCUT2D eigenvalue weighted by molar-refractivity contribution is 5.75. The molecule has 0 spiro atoms. The van der Waals surface area contributed by atoms with Crippen molar-refractivity contribution >= 4 is 5.97 Å². The molecule has 0 radical (unpaired) electrons. The molecule has 0 bridgehead atoms. The second-order valence-electron chi connectivity index (χ2n) is 1.95. The van der Waals surface area contributed by atoms with Crippen molar-refractivity contribution in [2.45, 2.75) is 6.04 Å². The fraction of sp³-hybridized carbons (Fsp3) is 0.833. The van der Waals surface area contributed by atoms with Crippen LogP contribution in [-0.4, -0.2) is 44.0 Å². The fourth-order valence-electron chi connectivity index (χ4n) is 0.407. The van der Waals surface area contributed by atoms with Crippen LogP contribution in [0.2, 0.25) is 0 Å². The minimum absolute atomic E-state index is 0.170. The summed E-state index contributed by atoms with van der Waals surface area (Å²) in [6, 6.07) is -0.938. The summed E-state index contributed by atoms with van der Waals surface area (Å²) in [5.74, 6) is -0.607. The molecule has 0 fully saturated rings. The molecule has 1 atom stereocenters. The van der Waals surface area contributed by atoms with Crippen molar-refractivity contribution in [1.29, 1.82) is 0 Å². The number of aliphatic hydroxyl groups is 1. The summed E-state index contributed by atoms with van der Waals surface area (Å²) in [4.78, 5) is 10.7. The van der Waals surface area contributed by atoms with E-state index in [2.05, 4.69) is 9.47 Å². The lowest BCUT2D eigenvalue weighted by atomic mass is 10.3. The lowest BCUT2D eigenvalue weighted by Crippen LogP contribution is -2.36. The number of ether oxygens (including phenoxy) is 2. The maximum Gasteiger partial charge on any atom is 0.325 e. The third-order valence-electron chi connectivity index (χ3n) is 1.03. The van der Waals surface area contributed by atoms with Crippen molar-refractivity contribution in [2.75, 3.05) is 26.9 Å². The van der Waals surface area contributed by atoms with Crippen LogP contribution in [0.25, 0.3) is 0 Å². The predicted octanol–water partition coefficient (Wildman–Crippen LogP) is -1.50. The van der Waals surface area contributed by atoms with E-state index in [4.69, 9.17) is 10.8 Å². The summed E-state index contributed by atoms with van der Waals surface area (Å²) in [5, 5.41) is 8.40. The summed E-state index contributed by atoms with van der Waals surface area (Å²) < 4.78 is 9.21. The van der Waals surface area contributed by atoms with Gasteiger partial charge in [-0.1, -0.05) is 0 Å². The van der Waals surface area contributed by atoms with Crippen LogP contribution < -0.4 is 5.73 Å². The molecule has 0 aliphatic carbocycles. The normalized spacial score (nSPS) is 12.6. The highest BCUT2D eigenvalue weighted by Gasteiger charge is 2.12. The van der Waals surface area contributed by atoms with Gasteiger partial charge in [-0.05, 0) is 0 Å². The van der Waals surface area contributed by atoms with Crippen molar-refractivity contribution in [2.24, 2.45) is 5.73 Å². The third kappa shape index (κ3) is 4.72. The number of aliphatic hydroxyl groups excluding tert-OH is 1. The number of esters is 1. The zero-order valence-corrected chi connectivity index (χ0v) is 6.45. The van der Waals surface area contributed by atoms with E-state index < -0.39 is 18.6 Å². The van der Waals surface area contributed by atoms with Crippen LogP contribution in [0.4, 0.5) is 0 Å².